The highest BCUT2D eigenvalue weighted by Gasteiger charge is 2.29. The number of aromatic nitrogens is 1. The summed E-state index contributed by atoms with van der Waals surface area (Å²) >= 11 is 0. The molecule has 1 aliphatic rings. The van der Waals surface area contributed by atoms with Gasteiger partial charge in [0.25, 0.3) is 0 Å². The minimum Gasteiger partial charge on any atom is -0.361 e. The summed E-state index contributed by atoms with van der Waals surface area (Å²) in [4.78, 5) is 18.0. The fourth-order valence-electron chi connectivity index (χ4n) is 3.82. The van der Waals surface area contributed by atoms with Crippen molar-refractivity contribution >= 4 is 16.8 Å². The number of H-pyrrole nitrogens is 1. The van der Waals surface area contributed by atoms with Crippen LogP contribution < -0.4 is 0 Å². The number of para-hydroxylation sites is 1. The van der Waals surface area contributed by atoms with Gasteiger partial charge in [0.15, 0.2) is 0 Å². The van der Waals surface area contributed by atoms with Crippen LogP contribution in [0.1, 0.15) is 36.4 Å². The van der Waals surface area contributed by atoms with E-state index in [1.807, 2.05) is 29.3 Å². The zero-order chi connectivity index (χ0) is 17.2. The molecule has 1 aliphatic heterocycles. The number of nitrogens with zero attached hydrogens (tertiary/aromatic N) is 1. The van der Waals surface area contributed by atoms with Crippen molar-refractivity contribution in [3.05, 3.63) is 71.7 Å². The molecule has 1 saturated heterocycles. The molecule has 1 fully saturated rings. The van der Waals surface area contributed by atoms with Gasteiger partial charge in [-0.3, -0.25) is 4.79 Å². The molecule has 4 heteroatoms. The number of carbonyl (C=O) groups excluding carboxylic acids is 1. The minimum absolute atomic E-state index is 0.0797. The summed E-state index contributed by atoms with van der Waals surface area (Å²) in [6.07, 6.45) is 5.18. The lowest BCUT2D eigenvalue weighted by atomic mass is 10.0. The molecule has 0 saturated carbocycles. The van der Waals surface area contributed by atoms with Gasteiger partial charge in [-0.1, -0.05) is 30.3 Å². The van der Waals surface area contributed by atoms with E-state index in [0.717, 1.165) is 36.9 Å². The second kappa shape index (κ2) is 6.71. The van der Waals surface area contributed by atoms with Gasteiger partial charge in [-0.2, -0.15) is 0 Å². The highest BCUT2D eigenvalue weighted by atomic mass is 19.1. The number of aromatic amines is 1. The van der Waals surface area contributed by atoms with Crippen molar-refractivity contribution in [1.29, 1.82) is 0 Å². The van der Waals surface area contributed by atoms with Gasteiger partial charge < -0.3 is 9.88 Å². The minimum atomic E-state index is -0.237. The number of benzene rings is 2. The highest BCUT2D eigenvalue weighted by molar-refractivity contribution is 5.84. The Morgan fingerprint density at radius 3 is 2.80 bits per heavy atom. The average Bonchev–Trinajstić information content (AvgIpc) is 3.28. The molecule has 2 aromatic carbocycles. The molecule has 0 aliphatic carbocycles. The van der Waals surface area contributed by atoms with E-state index < -0.39 is 0 Å². The average molecular weight is 336 g/mol. The predicted octanol–water partition coefficient (Wildman–Crippen LogP) is 4.60. The third-order valence-corrected chi connectivity index (χ3v) is 5.11. The summed E-state index contributed by atoms with van der Waals surface area (Å²) in [6.45, 7) is 0.786. The Bertz CT molecular complexity index is 884. The van der Waals surface area contributed by atoms with Gasteiger partial charge in [-0.05, 0) is 48.6 Å². The Labute approximate surface area is 146 Å². The molecule has 25 heavy (non-hydrogen) atoms. The Morgan fingerprint density at radius 2 is 1.96 bits per heavy atom. The third-order valence-electron chi connectivity index (χ3n) is 5.11. The van der Waals surface area contributed by atoms with Crippen LogP contribution in [0.2, 0.25) is 0 Å². The van der Waals surface area contributed by atoms with E-state index in [0.29, 0.717) is 6.42 Å². The largest absolute Gasteiger partial charge is 0.361 e. The smallest absolute Gasteiger partial charge is 0.223 e. The maximum absolute atomic E-state index is 13.2. The number of hydrogen-bond donors (Lipinski definition) is 1. The summed E-state index contributed by atoms with van der Waals surface area (Å²) in [5.74, 6) is -0.0592. The van der Waals surface area contributed by atoms with Crippen LogP contribution in [0.15, 0.2) is 54.7 Å². The van der Waals surface area contributed by atoms with Gasteiger partial charge in [0.1, 0.15) is 5.82 Å². The first-order valence-electron chi connectivity index (χ1n) is 8.82. The van der Waals surface area contributed by atoms with Crippen LogP contribution >= 0.6 is 0 Å². The molecule has 1 aromatic heterocycles. The number of rotatable bonds is 4. The van der Waals surface area contributed by atoms with Gasteiger partial charge in [-0.15, -0.1) is 0 Å². The molecule has 3 nitrogen and oxygen atoms in total. The summed E-state index contributed by atoms with van der Waals surface area (Å²) in [5, 5.41) is 1.19. The van der Waals surface area contributed by atoms with Crippen LogP contribution in [0.4, 0.5) is 4.39 Å². The van der Waals surface area contributed by atoms with E-state index in [9.17, 15) is 9.18 Å². The van der Waals surface area contributed by atoms with E-state index in [1.165, 1.54) is 23.1 Å². The zero-order valence-electron chi connectivity index (χ0n) is 14.0. The normalized spacial score (nSPS) is 17.3. The van der Waals surface area contributed by atoms with Gasteiger partial charge in [-0.25, -0.2) is 4.39 Å². The standard InChI is InChI=1S/C21H21FN2O/c22-17-10-7-15(8-11-17)20-6-3-13-24(20)21(25)12-9-16-14-23-19-5-2-1-4-18(16)19/h1-2,4-5,7-8,10-11,14,20,23H,3,6,9,12-13H2/t20-/m1/s1. The van der Waals surface area contributed by atoms with Crippen LogP contribution in [-0.2, 0) is 11.2 Å². The number of likely N-dealkylation sites (tertiary alicyclic amines) is 1. The van der Waals surface area contributed by atoms with Crippen molar-refractivity contribution in [2.24, 2.45) is 0 Å². The third kappa shape index (κ3) is 3.16. The summed E-state index contributed by atoms with van der Waals surface area (Å²) < 4.78 is 13.2. The number of fused-ring (bicyclic) bond motifs is 1. The molecule has 1 N–H and O–H groups in total. The SMILES string of the molecule is O=C(CCc1c[nH]c2ccccc12)N1CCC[C@@H]1c1ccc(F)cc1. The molecule has 1 amide bonds. The number of nitrogens with one attached hydrogen (secondary N) is 1. The van der Waals surface area contributed by atoms with Crippen LogP contribution in [0.25, 0.3) is 10.9 Å². The Balaban J connectivity index is 1.46. The quantitative estimate of drug-likeness (QED) is 0.742. The number of halogens is 1. The number of carbonyl (C=O) groups is 1. The second-order valence-corrected chi connectivity index (χ2v) is 6.66. The van der Waals surface area contributed by atoms with Crippen molar-refractivity contribution in [3.63, 3.8) is 0 Å². The molecule has 3 aromatic rings. The van der Waals surface area contributed by atoms with Gasteiger partial charge >= 0.3 is 0 Å². The summed E-state index contributed by atoms with van der Waals surface area (Å²) in [5.41, 5.74) is 3.32. The fourth-order valence-corrected chi connectivity index (χ4v) is 3.82. The topological polar surface area (TPSA) is 36.1 Å². The van der Waals surface area contributed by atoms with E-state index in [2.05, 4.69) is 11.1 Å². The molecule has 1 atom stereocenters. The van der Waals surface area contributed by atoms with Crippen LogP contribution in [0.5, 0.6) is 0 Å². The highest BCUT2D eigenvalue weighted by Crippen LogP contribution is 2.32. The Hall–Kier alpha value is -2.62. The second-order valence-electron chi connectivity index (χ2n) is 6.66. The zero-order valence-corrected chi connectivity index (χ0v) is 14.0. The number of hydrogen-bond acceptors (Lipinski definition) is 1. The molecule has 0 spiro atoms. The van der Waals surface area contributed by atoms with E-state index in [-0.39, 0.29) is 17.8 Å². The molecule has 0 radical (unpaired) electrons. The van der Waals surface area contributed by atoms with Crippen LogP contribution in [-0.4, -0.2) is 22.3 Å². The predicted molar refractivity (Wildman–Crippen MR) is 96.7 cm³/mol. The molecule has 4 rings (SSSR count). The monoisotopic (exact) mass is 336 g/mol. The lowest BCUT2D eigenvalue weighted by Crippen LogP contribution is -2.30. The van der Waals surface area contributed by atoms with Crippen molar-refractivity contribution < 1.29 is 9.18 Å². The lowest BCUT2D eigenvalue weighted by Gasteiger charge is -2.25. The van der Waals surface area contributed by atoms with Crippen molar-refractivity contribution in [1.82, 2.24) is 9.88 Å². The van der Waals surface area contributed by atoms with Crippen LogP contribution in [0.3, 0.4) is 0 Å². The Kier molecular flexibility index (Phi) is 4.26. The Morgan fingerprint density at radius 1 is 1.16 bits per heavy atom. The van der Waals surface area contributed by atoms with E-state index in [1.54, 1.807) is 12.1 Å². The fraction of sp³-hybridized carbons (Fsp3) is 0.286. The first-order valence-corrected chi connectivity index (χ1v) is 8.82. The van der Waals surface area contributed by atoms with Gasteiger partial charge in [0, 0.05) is 30.1 Å². The summed E-state index contributed by atoms with van der Waals surface area (Å²) in [6, 6.07) is 14.8. The van der Waals surface area contributed by atoms with Crippen LogP contribution in [0, 0.1) is 5.82 Å². The molecule has 128 valence electrons. The molecular weight excluding hydrogens is 315 g/mol. The van der Waals surface area contributed by atoms with Gasteiger partial charge in [0.05, 0.1) is 6.04 Å². The first kappa shape index (κ1) is 15.9. The lowest BCUT2D eigenvalue weighted by molar-refractivity contribution is -0.132. The maximum Gasteiger partial charge on any atom is 0.223 e. The van der Waals surface area contributed by atoms with E-state index in [4.69, 9.17) is 0 Å². The van der Waals surface area contributed by atoms with Crippen molar-refractivity contribution in [3.8, 4) is 0 Å². The number of amides is 1. The van der Waals surface area contributed by atoms with Gasteiger partial charge in [0.2, 0.25) is 5.91 Å². The summed E-state index contributed by atoms with van der Waals surface area (Å²) in [7, 11) is 0. The van der Waals surface area contributed by atoms with E-state index >= 15 is 0 Å². The molecule has 0 unspecified atom stereocenters. The van der Waals surface area contributed by atoms with Crippen molar-refractivity contribution in [2.75, 3.05) is 6.54 Å². The maximum atomic E-state index is 13.2. The molecular formula is C21H21FN2O. The molecule has 2 heterocycles. The first-order chi connectivity index (χ1) is 12.2. The van der Waals surface area contributed by atoms with Crippen molar-refractivity contribution in [2.45, 2.75) is 31.7 Å². The molecule has 0 bridgehead atoms. The number of aryl methyl sites for hydroxylation is 1.